The Labute approximate surface area is 335 Å². The van der Waals surface area contributed by atoms with E-state index in [0.29, 0.717) is 47.9 Å². The fraction of sp³-hybridized carbons (Fsp3) is 0.120. The maximum Gasteiger partial charge on any atom is 0.150 e. The molecule has 0 heterocycles. The summed E-state index contributed by atoms with van der Waals surface area (Å²) >= 11 is 0. The summed E-state index contributed by atoms with van der Waals surface area (Å²) in [5.74, 6) is 0.435. The summed E-state index contributed by atoms with van der Waals surface area (Å²) in [6.07, 6.45) is 8.42. The molecule has 8 heteroatoms. The van der Waals surface area contributed by atoms with Crippen LogP contribution in [-0.2, 0) is 0 Å². The Morgan fingerprint density at radius 1 is 0.310 bits per heavy atom. The van der Waals surface area contributed by atoms with Gasteiger partial charge in [0, 0.05) is 47.1 Å². The van der Waals surface area contributed by atoms with Gasteiger partial charge in [0.15, 0.2) is 0 Å². The molecule has 8 aromatic carbocycles. The first-order valence-corrected chi connectivity index (χ1v) is 19.3. The van der Waals surface area contributed by atoms with Crippen LogP contribution in [0, 0.1) is 0 Å². The van der Waals surface area contributed by atoms with Crippen molar-refractivity contribution < 1.29 is 20.4 Å². The molecule has 0 atom stereocenters. The van der Waals surface area contributed by atoms with E-state index >= 15 is 0 Å². The SMILES string of the molecule is Oc1ccc2ccccc2c1/C=N/C1(/N=C/c2c(O)ccc3ccccc23)CCC(/N=C/c2c(O)ccc3ccccc23)(/N=C/c2c(O)ccc3ccccc23)CC1. The zero-order valence-corrected chi connectivity index (χ0v) is 31.6. The van der Waals surface area contributed by atoms with Gasteiger partial charge in [-0.3, -0.25) is 20.0 Å². The molecule has 0 aliphatic heterocycles. The highest BCUT2D eigenvalue weighted by Gasteiger charge is 2.42. The molecule has 8 aromatic rings. The van der Waals surface area contributed by atoms with Crippen molar-refractivity contribution >= 4 is 67.9 Å². The van der Waals surface area contributed by atoms with E-state index in [1.807, 2.05) is 121 Å². The van der Waals surface area contributed by atoms with Gasteiger partial charge < -0.3 is 20.4 Å². The van der Waals surface area contributed by atoms with Crippen molar-refractivity contribution in [3.63, 3.8) is 0 Å². The Morgan fingerprint density at radius 3 is 0.776 bits per heavy atom. The summed E-state index contributed by atoms with van der Waals surface area (Å²) in [7, 11) is 0. The average molecular weight is 761 g/mol. The average Bonchev–Trinajstić information content (AvgIpc) is 3.26. The number of aliphatic imine (C=N–C) groups is 4. The highest BCUT2D eigenvalue weighted by Crippen LogP contribution is 2.43. The standard InChI is InChI=1S/C50H40N4O4/c55-45-21-17-33-9-1-5-13-37(33)41(45)29-51-49(52-30-42-38-14-6-2-10-34(38)18-22-46(42)56)25-27-50(28-26-49,53-31-43-39-15-7-3-11-35(39)19-23-47(43)57)54-32-44-40-16-8-4-12-36(40)20-24-48(44)58/h1-24,29-32,55-58H,25-28H2/b51-29+,52-30+,53-31+,54-32+. The molecule has 0 spiro atoms. The molecule has 8 nitrogen and oxygen atoms in total. The zero-order valence-electron chi connectivity index (χ0n) is 31.6. The van der Waals surface area contributed by atoms with E-state index in [-0.39, 0.29) is 23.0 Å². The van der Waals surface area contributed by atoms with E-state index in [0.717, 1.165) is 43.1 Å². The van der Waals surface area contributed by atoms with Crippen LogP contribution >= 0.6 is 0 Å². The maximum atomic E-state index is 11.1. The summed E-state index contributed by atoms with van der Waals surface area (Å²) in [4.78, 5) is 20.7. The van der Waals surface area contributed by atoms with Crippen LogP contribution in [0.2, 0.25) is 0 Å². The van der Waals surface area contributed by atoms with Crippen LogP contribution in [0.4, 0.5) is 0 Å². The van der Waals surface area contributed by atoms with Crippen molar-refractivity contribution in [1.29, 1.82) is 0 Å². The monoisotopic (exact) mass is 760 g/mol. The van der Waals surface area contributed by atoms with Crippen LogP contribution < -0.4 is 0 Å². The summed E-state index contributed by atoms with van der Waals surface area (Å²) in [5.41, 5.74) is 0.310. The third-order valence-corrected chi connectivity index (χ3v) is 11.4. The minimum atomic E-state index is -1.02. The molecule has 0 aromatic heterocycles. The van der Waals surface area contributed by atoms with Gasteiger partial charge in [-0.15, -0.1) is 0 Å². The number of phenolic OH excluding ortho intramolecular Hbond substituents is 4. The highest BCUT2D eigenvalue weighted by molar-refractivity contribution is 6.05. The van der Waals surface area contributed by atoms with Crippen molar-refractivity contribution in [3.05, 3.63) is 168 Å². The molecule has 0 radical (unpaired) electrons. The van der Waals surface area contributed by atoms with Gasteiger partial charge in [-0.05, 0) is 93.0 Å². The molecule has 1 saturated carbocycles. The Morgan fingerprint density at radius 2 is 0.534 bits per heavy atom. The van der Waals surface area contributed by atoms with Gasteiger partial charge in [0.25, 0.3) is 0 Å². The van der Waals surface area contributed by atoms with Crippen molar-refractivity contribution in [2.75, 3.05) is 0 Å². The molecular weight excluding hydrogens is 721 g/mol. The summed E-state index contributed by atoms with van der Waals surface area (Å²) in [6.45, 7) is 0. The quantitative estimate of drug-likeness (QED) is 0.115. The van der Waals surface area contributed by atoms with Crippen molar-refractivity contribution in [1.82, 2.24) is 0 Å². The molecule has 0 saturated heterocycles. The fourth-order valence-corrected chi connectivity index (χ4v) is 8.05. The van der Waals surface area contributed by atoms with E-state index in [2.05, 4.69) is 0 Å². The predicted octanol–water partition coefficient (Wildman–Crippen LogP) is 10.9. The number of aromatic hydroxyl groups is 4. The molecule has 1 aliphatic rings. The number of hydrogen-bond donors (Lipinski definition) is 4. The Hall–Kier alpha value is -7.32. The van der Waals surface area contributed by atoms with Gasteiger partial charge in [-0.1, -0.05) is 121 Å². The summed E-state index contributed by atoms with van der Waals surface area (Å²) in [6, 6.07) is 45.6. The summed E-state index contributed by atoms with van der Waals surface area (Å²) < 4.78 is 0. The maximum absolute atomic E-state index is 11.1. The van der Waals surface area contributed by atoms with Gasteiger partial charge >= 0.3 is 0 Å². The zero-order chi connectivity index (χ0) is 39.7. The first kappa shape index (κ1) is 36.3. The van der Waals surface area contributed by atoms with Crippen LogP contribution in [0.1, 0.15) is 47.9 Å². The van der Waals surface area contributed by atoms with Crippen molar-refractivity contribution in [3.8, 4) is 23.0 Å². The van der Waals surface area contributed by atoms with Crippen LogP contribution in [-0.4, -0.2) is 56.6 Å². The molecule has 4 N–H and O–H groups in total. The third kappa shape index (κ3) is 6.90. The second-order valence-electron chi connectivity index (χ2n) is 14.9. The largest absolute Gasteiger partial charge is 0.507 e. The Bertz CT molecular complexity index is 2580. The molecule has 0 bridgehead atoms. The van der Waals surface area contributed by atoms with E-state index in [1.165, 1.54) is 0 Å². The van der Waals surface area contributed by atoms with Gasteiger partial charge in [0.1, 0.15) is 34.3 Å². The van der Waals surface area contributed by atoms with Crippen LogP contribution in [0.5, 0.6) is 23.0 Å². The number of phenols is 4. The van der Waals surface area contributed by atoms with Gasteiger partial charge in [0.05, 0.1) is 0 Å². The van der Waals surface area contributed by atoms with E-state index in [9.17, 15) is 20.4 Å². The number of nitrogens with zero attached hydrogens (tertiary/aromatic N) is 4. The molecular formula is C50H40N4O4. The lowest BCUT2D eigenvalue weighted by atomic mass is 9.82. The van der Waals surface area contributed by atoms with E-state index < -0.39 is 11.3 Å². The minimum absolute atomic E-state index is 0.109. The molecule has 58 heavy (non-hydrogen) atoms. The molecule has 1 aliphatic carbocycles. The van der Waals surface area contributed by atoms with Crippen LogP contribution in [0.15, 0.2) is 166 Å². The summed E-state index contributed by atoms with van der Waals surface area (Å²) in [5, 5.41) is 51.6. The Kier molecular flexibility index (Phi) is 9.38. The molecule has 284 valence electrons. The molecule has 0 amide bonds. The van der Waals surface area contributed by atoms with Gasteiger partial charge in [-0.25, -0.2) is 0 Å². The van der Waals surface area contributed by atoms with Crippen molar-refractivity contribution in [2.24, 2.45) is 20.0 Å². The lowest BCUT2D eigenvalue weighted by molar-refractivity contribution is 0.220. The number of benzene rings is 8. The molecule has 9 rings (SSSR count). The number of fused-ring (bicyclic) bond motifs is 4. The number of rotatable bonds is 8. The lowest BCUT2D eigenvalue weighted by Crippen LogP contribution is -2.39. The van der Waals surface area contributed by atoms with Crippen LogP contribution in [0.3, 0.4) is 0 Å². The fourth-order valence-electron chi connectivity index (χ4n) is 8.05. The second-order valence-corrected chi connectivity index (χ2v) is 14.9. The van der Waals surface area contributed by atoms with Gasteiger partial charge in [0.2, 0.25) is 0 Å². The molecule has 0 unspecified atom stereocenters. The Balaban J connectivity index is 1.16. The van der Waals surface area contributed by atoms with Crippen LogP contribution in [0.25, 0.3) is 43.1 Å². The minimum Gasteiger partial charge on any atom is -0.507 e. The topological polar surface area (TPSA) is 130 Å². The number of hydrogen-bond acceptors (Lipinski definition) is 8. The third-order valence-electron chi connectivity index (χ3n) is 11.4. The lowest BCUT2D eigenvalue weighted by Gasteiger charge is -2.38. The van der Waals surface area contributed by atoms with Crippen molar-refractivity contribution in [2.45, 2.75) is 37.0 Å². The molecule has 1 fully saturated rings. The van der Waals surface area contributed by atoms with E-state index in [4.69, 9.17) is 20.0 Å². The first-order valence-electron chi connectivity index (χ1n) is 19.3. The smallest absolute Gasteiger partial charge is 0.150 e. The predicted molar refractivity (Wildman–Crippen MR) is 237 cm³/mol. The highest BCUT2D eigenvalue weighted by atomic mass is 16.3. The normalized spacial score (nSPS) is 15.6. The van der Waals surface area contributed by atoms with E-state index in [1.54, 1.807) is 49.1 Å². The second kappa shape index (κ2) is 15.0. The first-order chi connectivity index (χ1) is 28.3. The van der Waals surface area contributed by atoms with Gasteiger partial charge in [-0.2, -0.15) is 0 Å².